The second-order valence-corrected chi connectivity index (χ2v) is 10.5. The number of nitrogens with one attached hydrogen (secondary N) is 2. The van der Waals surface area contributed by atoms with Gasteiger partial charge in [0.1, 0.15) is 4.83 Å². The van der Waals surface area contributed by atoms with E-state index in [-0.39, 0.29) is 5.91 Å². The molecule has 32 heavy (non-hydrogen) atoms. The number of thiophene rings is 1. The predicted molar refractivity (Wildman–Crippen MR) is 140 cm³/mol. The number of likely N-dealkylation sites (N-methyl/N-ethyl adjacent to an activating group) is 1. The molecule has 5 heteroatoms. The molecule has 3 rings (SSSR count). The molecule has 1 amide bonds. The standard InChI is InChI=1S/C20H29N3OS.C7H12/c1-5-20(2,3)15-6-7-16-13(11-15)10-14-12-17(25-19(14)23-16)18(24)22-9-8-21-4;1-4-5-6-7(2)3/h10,12,15,21H,5-9,11H2,1-4H3,(H,22,24);4-6H,1-3H3/b;5-4-. The first-order valence-electron chi connectivity index (χ1n) is 11.8. The first kappa shape index (κ1) is 26.3. The van der Waals surface area contributed by atoms with E-state index in [1.165, 1.54) is 41.0 Å². The summed E-state index contributed by atoms with van der Waals surface area (Å²) in [5, 5.41) is 7.09. The number of carbonyl (C=O) groups excluding carboxylic acids is 1. The van der Waals surface area contributed by atoms with E-state index in [4.69, 9.17) is 4.98 Å². The van der Waals surface area contributed by atoms with Crippen molar-refractivity contribution in [2.24, 2.45) is 11.3 Å². The zero-order chi connectivity index (χ0) is 23.7. The van der Waals surface area contributed by atoms with E-state index in [1.54, 1.807) is 0 Å². The lowest BCUT2D eigenvalue weighted by atomic mass is 9.69. The monoisotopic (exact) mass is 455 g/mol. The summed E-state index contributed by atoms with van der Waals surface area (Å²) in [6.07, 6.45) is 10.7. The van der Waals surface area contributed by atoms with Crippen LogP contribution in [0.3, 0.4) is 0 Å². The van der Waals surface area contributed by atoms with Gasteiger partial charge in [-0.15, -0.1) is 11.3 Å². The van der Waals surface area contributed by atoms with Gasteiger partial charge in [0.15, 0.2) is 0 Å². The van der Waals surface area contributed by atoms with Crippen LogP contribution in [0.25, 0.3) is 10.2 Å². The van der Waals surface area contributed by atoms with Crippen molar-refractivity contribution in [2.75, 3.05) is 20.1 Å². The van der Waals surface area contributed by atoms with Gasteiger partial charge in [-0.3, -0.25) is 4.79 Å². The molecule has 0 fully saturated rings. The van der Waals surface area contributed by atoms with Crippen LogP contribution >= 0.6 is 11.3 Å². The molecule has 0 bridgehead atoms. The molecule has 0 aromatic carbocycles. The quantitative estimate of drug-likeness (QED) is 0.380. The fraction of sp³-hybridized carbons (Fsp3) is 0.556. The topological polar surface area (TPSA) is 54.0 Å². The average molecular weight is 456 g/mol. The Labute approximate surface area is 198 Å². The molecule has 2 heterocycles. The van der Waals surface area contributed by atoms with Crippen LogP contribution in [-0.2, 0) is 12.8 Å². The molecule has 2 N–H and O–H groups in total. The highest BCUT2D eigenvalue weighted by Gasteiger charge is 2.31. The molecule has 1 unspecified atom stereocenters. The number of rotatable bonds is 7. The molecule has 1 aliphatic carbocycles. The molecule has 0 saturated heterocycles. The van der Waals surface area contributed by atoms with Gasteiger partial charge in [-0.1, -0.05) is 51.0 Å². The Hall–Kier alpha value is -1.98. The van der Waals surface area contributed by atoms with Crippen LogP contribution in [0.4, 0.5) is 0 Å². The number of nitrogens with zero attached hydrogens (tertiary/aromatic N) is 1. The maximum absolute atomic E-state index is 12.3. The van der Waals surface area contributed by atoms with Crippen LogP contribution in [0.1, 0.15) is 75.3 Å². The third kappa shape index (κ3) is 7.28. The fourth-order valence-electron chi connectivity index (χ4n) is 3.87. The van der Waals surface area contributed by atoms with Gasteiger partial charge in [-0.05, 0) is 76.1 Å². The molecule has 0 spiro atoms. The molecule has 1 aliphatic rings. The Kier molecular flexibility index (Phi) is 10.1. The van der Waals surface area contributed by atoms with Gasteiger partial charge in [-0.2, -0.15) is 0 Å². The number of amides is 1. The molecule has 0 saturated carbocycles. The molecule has 2 aromatic rings. The van der Waals surface area contributed by atoms with E-state index in [9.17, 15) is 4.79 Å². The molecule has 2 aromatic heterocycles. The van der Waals surface area contributed by atoms with Crippen LogP contribution in [0.5, 0.6) is 0 Å². The van der Waals surface area contributed by atoms with Gasteiger partial charge in [0.2, 0.25) is 0 Å². The van der Waals surface area contributed by atoms with Crippen LogP contribution < -0.4 is 10.6 Å². The molecule has 176 valence electrons. The smallest absolute Gasteiger partial charge is 0.261 e. The number of pyridine rings is 1. The van der Waals surface area contributed by atoms with Crippen LogP contribution in [0, 0.1) is 11.3 Å². The van der Waals surface area contributed by atoms with E-state index < -0.39 is 0 Å². The Morgan fingerprint density at radius 1 is 1.28 bits per heavy atom. The fourth-order valence-corrected chi connectivity index (χ4v) is 4.82. The van der Waals surface area contributed by atoms with E-state index in [0.717, 1.165) is 34.5 Å². The van der Waals surface area contributed by atoms with E-state index in [0.29, 0.717) is 17.9 Å². The normalized spacial score (nSPS) is 15.8. The van der Waals surface area contributed by atoms with Crippen molar-refractivity contribution in [1.82, 2.24) is 15.6 Å². The number of hydrogen-bond acceptors (Lipinski definition) is 4. The van der Waals surface area contributed by atoms with Gasteiger partial charge in [0.25, 0.3) is 5.91 Å². The number of fused-ring (bicyclic) bond motifs is 2. The Balaban J connectivity index is 0.000000451. The third-order valence-electron chi connectivity index (χ3n) is 6.40. The summed E-state index contributed by atoms with van der Waals surface area (Å²) in [6, 6.07) is 4.27. The van der Waals surface area contributed by atoms with Crippen molar-refractivity contribution in [3.63, 3.8) is 0 Å². The molecule has 0 aliphatic heterocycles. The minimum absolute atomic E-state index is 0.00112. The largest absolute Gasteiger partial charge is 0.350 e. The summed E-state index contributed by atoms with van der Waals surface area (Å²) in [6.45, 7) is 14.6. The molecule has 4 nitrogen and oxygen atoms in total. The van der Waals surface area contributed by atoms with Crippen LogP contribution in [0.2, 0.25) is 0 Å². The highest BCUT2D eigenvalue weighted by atomic mass is 32.1. The minimum Gasteiger partial charge on any atom is -0.350 e. The number of aryl methyl sites for hydroxylation is 1. The minimum atomic E-state index is 0.00112. The average Bonchev–Trinajstić information content (AvgIpc) is 3.19. The SMILES string of the molecule is C/C=C\C=C(C)C.CCC(C)(C)C1CCc2nc3sc(C(=O)NCCNC)cc3cc2C1. The van der Waals surface area contributed by atoms with Crippen molar-refractivity contribution in [2.45, 2.75) is 67.2 Å². The lowest BCUT2D eigenvalue weighted by Crippen LogP contribution is -2.29. The number of hydrogen-bond donors (Lipinski definition) is 2. The van der Waals surface area contributed by atoms with Gasteiger partial charge < -0.3 is 10.6 Å². The molecule has 0 radical (unpaired) electrons. The molecular weight excluding hydrogens is 414 g/mol. The summed E-state index contributed by atoms with van der Waals surface area (Å²) < 4.78 is 0. The van der Waals surface area contributed by atoms with E-state index in [2.05, 4.69) is 57.4 Å². The van der Waals surface area contributed by atoms with Crippen LogP contribution in [-0.4, -0.2) is 31.0 Å². The summed E-state index contributed by atoms with van der Waals surface area (Å²) in [4.78, 5) is 18.9. The van der Waals surface area contributed by atoms with Crippen molar-refractivity contribution in [3.05, 3.63) is 52.1 Å². The van der Waals surface area contributed by atoms with E-state index in [1.807, 2.05) is 32.2 Å². The molecule has 1 atom stereocenters. The first-order chi connectivity index (χ1) is 15.2. The van der Waals surface area contributed by atoms with Gasteiger partial charge in [-0.25, -0.2) is 4.98 Å². The van der Waals surface area contributed by atoms with Crippen molar-refractivity contribution in [3.8, 4) is 0 Å². The summed E-state index contributed by atoms with van der Waals surface area (Å²) >= 11 is 1.50. The van der Waals surface area contributed by atoms with Crippen molar-refractivity contribution >= 4 is 27.5 Å². The maximum Gasteiger partial charge on any atom is 0.261 e. The van der Waals surface area contributed by atoms with Gasteiger partial charge in [0, 0.05) is 24.2 Å². The summed E-state index contributed by atoms with van der Waals surface area (Å²) in [5.74, 6) is 0.716. The Morgan fingerprint density at radius 3 is 2.62 bits per heavy atom. The van der Waals surface area contributed by atoms with Gasteiger partial charge >= 0.3 is 0 Å². The lowest BCUT2D eigenvalue weighted by Gasteiger charge is -2.36. The second kappa shape index (κ2) is 12.3. The highest BCUT2D eigenvalue weighted by Crippen LogP contribution is 2.40. The third-order valence-corrected chi connectivity index (χ3v) is 7.44. The van der Waals surface area contributed by atoms with Crippen molar-refractivity contribution < 1.29 is 4.79 Å². The zero-order valence-corrected chi connectivity index (χ0v) is 21.8. The predicted octanol–water partition coefficient (Wildman–Crippen LogP) is 6.32. The van der Waals surface area contributed by atoms with E-state index >= 15 is 0 Å². The van der Waals surface area contributed by atoms with Gasteiger partial charge in [0.05, 0.1) is 4.88 Å². The Morgan fingerprint density at radius 2 is 2.03 bits per heavy atom. The maximum atomic E-state index is 12.3. The van der Waals surface area contributed by atoms with Crippen molar-refractivity contribution in [1.29, 1.82) is 0 Å². The molecular formula is C27H41N3OS. The number of aromatic nitrogens is 1. The first-order valence-corrected chi connectivity index (χ1v) is 12.6. The lowest BCUT2D eigenvalue weighted by molar-refractivity contribution is 0.0958. The summed E-state index contributed by atoms with van der Waals surface area (Å²) in [7, 11) is 1.88. The second-order valence-electron chi connectivity index (χ2n) is 9.51. The Bertz CT molecular complexity index is 951. The zero-order valence-electron chi connectivity index (χ0n) is 21.0. The number of allylic oxidation sites excluding steroid dienone is 4. The van der Waals surface area contributed by atoms with Crippen LogP contribution in [0.15, 0.2) is 35.9 Å². The highest BCUT2D eigenvalue weighted by molar-refractivity contribution is 7.20. The summed E-state index contributed by atoms with van der Waals surface area (Å²) in [5.41, 5.74) is 4.34. The number of carbonyl (C=O) groups is 1.